The maximum Gasteiger partial charge on any atom is 0.251 e. The van der Waals surface area contributed by atoms with Crippen molar-refractivity contribution in [1.29, 1.82) is 0 Å². The number of benzene rings is 1. The van der Waals surface area contributed by atoms with Crippen LogP contribution in [0.25, 0.3) is 0 Å². The van der Waals surface area contributed by atoms with Crippen LogP contribution < -0.4 is 5.32 Å². The van der Waals surface area contributed by atoms with Crippen molar-refractivity contribution in [3.63, 3.8) is 0 Å². The van der Waals surface area contributed by atoms with Gasteiger partial charge in [-0.25, -0.2) is 0 Å². The Morgan fingerprint density at radius 3 is 2.80 bits per heavy atom. The summed E-state index contributed by atoms with van der Waals surface area (Å²) >= 11 is 0. The number of likely N-dealkylation sites (tertiary alicyclic amines) is 1. The van der Waals surface area contributed by atoms with Crippen molar-refractivity contribution in [3.05, 3.63) is 35.4 Å². The fourth-order valence-electron chi connectivity index (χ4n) is 3.78. The van der Waals surface area contributed by atoms with Crippen LogP contribution in [0.15, 0.2) is 24.3 Å². The monoisotopic (exact) mass is 344 g/mol. The Kier molecular flexibility index (Phi) is 5.74. The second-order valence-electron chi connectivity index (χ2n) is 7.40. The van der Waals surface area contributed by atoms with Gasteiger partial charge < -0.3 is 15.0 Å². The van der Waals surface area contributed by atoms with Crippen LogP contribution in [0.3, 0.4) is 0 Å². The van der Waals surface area contributed by atoms with Gasteiger partial charge in [-0.1, -0.05) is 18.6 Å². The zero-order valence-corrected chi connectivity index (χ0v) is 15.1. The molecule has 2 amide bonds. The molecule has 0 atom stereocenters. The van der Waals surface area contributed by atoms with E-state index in [1.165, 1.54) is 6.42 Å². The highest BCUT2D eigenvalue weighted by Gasteiger charge is 2.36. The number of methoxy groups -OCH3 is 1. The van der Waals surface area contributed by atoms with E-state index in [1.807, 2.05) is 29.2 Å². The zero-order chi connectivity index (χ0) is 17.7. The van der Waals surface area contributed by atoms with Gasteiger partial charge in [0.05, 0.1) is 0 Å². The van der Waals surface area contributed by atoms with Gasteiger partial charge in [0.25, 0.3) is 5.91 Å². The quantitative estimate of drug-likeness (QED) is 0.789. The van der Waals surface area contributed by atoms with Crippen LogP contribution >= 0.6 is 0 Å². The highest BCUT2D eigenvalue weighted by atomic mass is 16.5. The number of hydrogen-bond donors (Lipinski definition) is 1. The Labute approximate surface area is 149 Å². The summed E-state index contributed by atoms with van der Waals surface area (Å²) < 4.78 is 5.21. The van der Waals surface area contributed by atoms with E-state index in [0.29, 0.717) is 25.1 Å². The molecule has 0 spiro atoms. The summed E-state index contributed by atoms with van der Waals surface area (Å²) in [6, 6.07) is 7.62. The molecule has 0 bridgehead atoms. The maximum atomic E-state index is 12.5. The fourth-order valence-corrected chi connectivity index (χ4v) is 3.78. The summed E-state index contributed by atoms with van der Waals surface area (Å²) in [5, 5.41) is 3.11. The Balaban J connectivity index is 1.56. The fraction of sp³-hybridized carbons (Fsp3) is 0.600. The van der Waals surface area contributed by atoms with Gasteiger partial charge in [0.15, 0.2) is 0 Å². The number of ether oxygens (including phenoxy) is 1. The van der Waals surface area contributed by atoms with E-state index in [4.69, 9.17) is 4.74 Å². The molecule has 1 N–H and O–H groups in total. The van der Waals surface area contributed by atoms with Crippen molar-refractivity contribution in [2.75, 3.05) is 26.8 Å². The van der Waals surface area contributed by atoms with Crippen molar-refractivity contribution in [2.24, 2.45) is 5.41 Å². The standard InChI is InChI=1S/C20H28N2O3/c1-25-12-10-20(8-4-9-20)15-21-19(24)17-6-2-5-16(13-17)14-22-11-3-7-18(22)23/h2,5-6,13H,3-4,7-12,14-15H2,1H3,(H,21,24). The molecule has 2 fully saturated rings. The molecule has 1 saturated carbocycles. The van der Waals surface area contributed by atoms with Crippen LogP contribution in [-0.4, -0.2) is 43.5 Å². The molecule has 0 radical (unpaired) electrons. The van der Waals surface area contributed by atoms with Gasteiger partial charge in [0.2, 0.25) is 5.91 Å². The largest absolute Gasteiger partial charge is 0.385 e. The summed E-state index contributed by atoms with van der Waals surface area (Å²) in [5.74, 6) is 0.179. The summed E-state index contributed by atoms with van der Waals surface area (Å²) in [6.45, 7) is 2.87. The lowest BCUT2D eigenvalue weighted by atomic mass is 9.66. The third-order valence-electron chi connectivity index (χ3n) is 5.61. The van der Waals surface area contributed by atoms with Gasteiger partial charge in [-0.15, -0.1) is 0 Å². The molecule has 2 aliphatic rings. The summed E-state index contributed by atoms with van der Waals surface area (Å²) in [4.78, 5) is 26.2. The highest BCUT2D eigenvalue weighted by molar-refractivity contribution is 5.94. The smallest absolute Gasteiger partial charge is 0.251 e. The van der Waals surface area contributed by atoms with Crippen molar-refractivity contribution in [3.8, 4) is 0 Å². The number of nitrogens with zero attached hydrogens (tertiary/aromatic N) is 1. The van der Waals surface area contributed by atoms with E-state index in [1.54, 1.807) is 7.11 Å². The van der Waals surface area contributed by atoms with Gasteiger partial charge in [-0.3, -0.25) is 9.59 Å². The minimum atomic E-state index is -0.0294. The van der Waals surface area contributed by atoms with E-state index >= 15 is 0 Å². The van der Waals surface area contributed by atoms with E-state index in [2.05, 4.69) is 5.32 Å². The lowest BCUT2D eigenvalue weighted by molar-refractivity contribution is -0.128. The van der Waals surface area contributed by atoms with Gasteiger partial charge in [0, 0.05) is 45.3 Å². The third kappa shape index (κ3) is 4.40. The molecule has 5 nitrogen and oxygen atoms in total. The molecule has 1 aromatic carbocycles. The molecule has 1 saturated heterocycles. The van der Waals surface area contributed by atoms with Crippen molar-refractivity contribution < 1.29 is 14.3 Å². The summed E-state index contributed by atoms with van der Waals surface area (Å²) in [5.41, 5.74) is 1.90. The molecular formula is C20H28N2O3. The molecule has 5 heteroatoms. The first kappa shape index (κ1) is 17.9. The first-order chi connectivity index (χ1) is 12.1. The van der Waals surface area contributed by atoms with E-state index in [0.717, 1.165) is 44.4 Å². The van der Waals surface area contributed by atoms with Gasteiger partial charge in [-0.2, -0.15) is 0 Å². The zero-order valence-electron chi connectivity index (χ0n) is 15.1. The predicted octanol–water partition coefficient (Wildman–Crippen LogP) is 2.75. The van der Waals surface area contributed by atoms with Gasteiger partial charge >= 0.3 is 0 Å². The lowest BCUT2D eigenvalue weighted by Gasteiger charge is -2.42. The number of rotatable bonds is 8. The van der Waals surface area contributed by atoms with Crippen LogP contribution in [0.2, 0.25) is 0 Å². The van der Waals surface area contributed by atoms with Crippen LogP contribution in [-0.2, 0) is 16.1 Å². The Morgan fingerprint density at radius 2 is 2.16 bits per heavy atom. The SMILES string of the molecule is COCCC1(CNC(=O)c2cccc(CN3CCCC3=O)c2)CCC1. The van der Waals surface area contributed by atoms with Crippen LogP contribution in [0, 0.1) is 5.41 Å². The van der Waals surface area contributed by atoms with Gasteiger partial charge in [0.1, 0.15) is 0 Å². The molecule has 0 unspecified atom stereocenters. The number of hydrogen-bond acceptors (Lipinski definition) is 3. The van der Waals surface area contributed by atoms with Crippen molar-refractivity contribution in [2.45, 2.75) is 45.1 Å². The van der Waals surface area contributed by atoms with E-state index in [-0.39, 0.29) is 17.2 Å². The molecule has 1 aliphatic heterocycles. The molecule has 0 aromatic heterocycles. The van der Waals surface area contributed by atoms with Gasteiger partial charge in [-0.05, 0) is 48.8 Å². The Hall–Kier alpha value is -1.88. The van der Waals surface area contributed by atoms with E-state index < -0.39 is 0 Å². The average Bonchev–Trinajstić information content (AvgIpc) is 2.98. The number of amides is 2. The summed E-state index contributed by atoms with van der Waals surface area (Å²) in [7, 11) is 1.72. The molecule has 25 heavy (non-hydrogen) atoms. The molecule has 1 heterocycles. The summed E-state index contributed by atoms with van der Waals surface area (Å²) in [6.07, 6.45) is 6.13. The molecule has 136 valence electrons. The highest BCUT2D eigenvalue weighted by Crippen LogP contribution is 2.43. The molecular weight excluding hydrogens is 316 g/mol. The average molecular weight is 344 g/mol. The van der Waals surface area contributed by atoms with Crippen molar-refractivity contribution >= 4 is 11.8 Å². The minimum absolute atomic E-state index is 0.0294. The topological polar surface area (TPSA) is 58.6 Å². The third-order valence-corrected chi connectivity index (χ3v) is 5.61. The molecule has 1 aromatic rings. The van der Waals surface area contributed by atoms with Crippen molar-refractivity contribution in [1.82, 2.24) is 10.2 Å². The second-order valence-corrected chi connectivity index (χ2v) is 7.40. The lowest BCUT2D eigenvalue weighted by Crippen LogP contribution is -2.42. The molecule has 1 aliphatic carbocycles. The van der Waals surface area contributed by atoms with Crippen LogP contribution in [0.1, 0.15) is 54.4 Å². The number of nitrogens with one attached hydrogen (secondary N) is 1. The van der Waals surface area contributed by atoms with Crippen LogP contribution in [0.4, 0.5) is 0 Å². The Bertz CT molecular complexity index is 625. The Morgan fingerprint density at radius 1 is 1.32 bits per heavy atom. The second kappa shape index (κ2) is 8.00. The van der Waals surface area contributed by atoms with E-state index in [9.17, 15) is 9.59 Å². The predicted molar refractivity (Wildman–Crippen MR) is 96.2 cm³/mol. The number of carbonyl (C=O) groups excluding carboxylic acids is 2. The normalized spacial score (nSPS) is 18.9. The number of carbonyl (C=O) groups is 2. The molecule has 3 rings (SSSR count). The minimum Gasteiger partial charge on any atom is -0.385 e. The maximum absolute atomic E-state index is 12.5. The first-order valence-electron chi connectivity index (χ1n) is 9.26. The van der Waals surface area contributed by atoms with Crippen LogP contribution in [0.5, 0.6) is 0 Å². The first-order valence-corrected chi connectivity index (χ1v) is 9.26.